The van der Waals surface area contributed by atoms with Crippen LogP contribution in [-0.2, 0) is 9.59 Å². The SMILES string of the molecule is COc1cc([C@H]2C(C#N)=C(SCC(=O)Nc3ccccc3C)NC3=C2C(=O)CCC3)ccc1O. The molecule has 0 radical (unpaired) electrons. The molecular formula is C26H25N3O4S. The van der Waals surface area contributed by atoms with E-state index >= 15 is 0 Å². The summed E-state index contributed by atoms with van der Waals surface area (Å²) in [6.07, 6.45) is 1.83. The quantitative estimate of drug-likeness (QED) is 0.564. The zero-order chi connectivity index (χ0) is 24.2. The highest BCUT2D eigenvalue weighted by molar-refractivity contribution is 8.03. The van der Waals surface area contributed by atoms with Gasteiger partial charge < -0.3 is 20.5 Å². The Bertz CT molecular complexity index is 1260. The summed E-state index contributed by atoms with van der Waals surface area (Å²) in [5.74, 6) is -0.428. The average molecular weight is 476 g/mol. The number of hydrogen-bond acceptors (Lipinski definition) is 7. The number of thioether (sulfide) groups is 1. The normalized spacial score (nSPS) is 17.6. The molecular weight excluding hydrogens is 450 g/mol. The van der Waals surface area contributed by atoms with E-state index in [2.05, 4.69) is 16.7 Å². The van der Waals surface area contributed by atoms with Crippen molar-refractivity contribution in [1.29, 1.82) is 5.26 Å². The van der Waals surface area contributed by atoms with E-state index in [0.29, 0.717) is 34.6 Å². The number of dihydropyridines is 1. The fraction of sp³-hybridized carbons (Fsp3) is 0.269. The van der Waals surface area contributed by atoms with Gasteiger partial charge in [0.1, 0.15) is 0 Å². The van der Waals surface area contributed by atoms with Crippen molar-refractivity contribution in [2.75, 3.05) is 18.2 Å². The van der Waals surface area contributed by atoms with Gasteiger partial charge in [-0.25, -0.2) is 0 Å². The monoisotopic (exact) mass is 475 g/mol. The molecule has 3 N–H and O–H groups in total. The molecule has 4 rings (SSSR count). The second-order valence-electron chi connectivity index (χ2n) is 8.16. The number of ether oxygens (including phenoxy) is 1. The number of carbonyl (C=O) groups is 2. The van der Waals surface area contributed by atoms with Gasteiger partial charge in [-0.3, -0.25) is 9.59 Å². The molecule has 2 aliphatic rings. The Labute approximate surface area is 202 Å². The summed E-state index contributed by atoms with van der Waals surface area (Å²) in [6, 6.07) is 14.7. The van der Waals surface area contributed by atoms with Crippen LogP contribution in [0.3, 0.4) is 0 Å². The first-order valence-electron chi connectivity index (χ1n) is 11.0. The number of Topliss-reactive ketones (excluding diaryl/α,β-unsaturated/α-hetero) is 1. The third-order valence-corrected chi connectivity index (χ3v) is 6.98. The van der Waals surface area contributed by atoms with Crippen LogP contribution in [-0.4, -0.2) is 29.7 Å². The smallest absolute Gasteiger partial charge is 0.234 e. The molecule has 174 valence electrons. The minimum atomic E-state index is -0.592. The standard InChI is InChI=1S/C26H25N3O4S/c1-15-6-3-4-7-18(15)28-23(32)14-34-26-17(13-27)24(16-10-11-20(30)22(12-16)33-2)25-19(29-26)8-5-9-21(25)31/h3-4,6-7,10-12,24,29-30H,5,8-9,14H2,1-2H3,(H,28,32)/t24-/m0/s1. The lowest BCUT2D eigenvalue weighted by atomic mass is 9.77. The number of nitrogens with one attached hydrogen (secondary N) is 2. The largest absolute Gasteiger partial charge is 0.504 e. The Morgan fingerprint density at radius 2 is 2.09 bits per heavy atom. The number of anilines is 1. The number of aromatic hydroxyl groups is 1. The van der Waals surface area contributed by atoms with Crippen molar-refractivity contribution in [2.45, 2.75) is 32.1 Å². The number of para-hydroxylation sites is 1. The third-order valence-electron chi connectivity index (χ3n) is 5.97. The molecule has 1 atom stereocenters. The predicted molar refractivity (Wildman–Crippen MR) is 131 cm³/mol. The minimum absolute atomic E-state index is 0.000104. The lowest BCUT2D eigenvalue weighted by Gasteiger charge is -2.33. The predicted octanol–water partition coefficient (Wildman–Crippen LogP) is 4.51. The van der Waals surface area contributed by atoms with Gasteiger partial charge in [-0.05, 0) is 49.1 Å². The van der Waals surface area contributed by atoms with Crippen molar-refractivity contribution < 1.29 is 19.4 Å². The summed E-state index contributed by atoms with van der Waals surface area (Å²) in [4.78, 5) is 25.6. The van der Waals surface area contributed by atoms with Gasteiger partial charge in [0.2, 0.25) is 5.91 Å². The zero-order valence-corrected chi connectivity index (χ0v) is 19.8. The first-order chi connectivity index (χ1) is 16.4. The number of allylic oxidation sites excluding steroid dienone is 3. The number of phenols is 1. The zero-order valence-electron chi connectivity index (χ0n) is 19.0. The molecule has 2 aromatic carbocycles. The van der Waals surface area contributed by atoms with E-state index in [9.17, 15) is 20.0 Å². The number of carbonyl (C=O) groups excluding carboxylic acids is 2. The summed E-state index contributed by atoms with van der Waals surface area (Å²) >= 11 is 1.24. The van der Waals surface area contributed by atoms with Crippen molar-refractivity contribution in [1.82, 2.24) is 5.32 Å². The van der Waals surface area contributed by atoms with Gasteiger partial charge in [-0.15, -0.1) is 0 Å². The molecule has 0 fully saturated rings. The molecule has 1 aliphatic carbocycles. The molecule has 7 nitrogen and oxygen atoms in total. The van der Waals surface area contributed by atoms with Crippen LogP contribution < -0.4 is 15.4 Å². The van der Waals surface area contributed by atoms with Crippen molar-refractivity contribution in [3.63, 3.8) is 0 Å². The van der Waals surface area contributed by atoms with Gasteiger partial charge in [0, 0.05) is 23.4 Å². The number of amides is 1. The minimum Gasteiger partial charge on any atom is -0.504 e. The van der Waals surface area contributed by atoms with Gasteiger partial charge >= 0.3 is 0 Å². The Hall–Kier alpha value is -3.70. The van der Waals surface area contributed by atoms with Gasteiger partial charge in [0.05, 0.1) is 35.5 Å². The number of methoxy groups -OCH3 is 1. The van der Waals surface area contributed by atoms with Crippen LogP contribution in [0.1, 0.15) is 36.3 Å². The molecule has 0 bridgehead atoms. The Balaban J connectivity index is 1.66. The first-order valence-corrected chi connectivity index (χ1v) is 11.9. The van der Waals surface area contributed by atoms with Crippen LogP contribution in [0.5, 0.6) is 11.5 Å². The molecule has 0 unspecified atom stereocenters. The number of phenolic OH excluding ortho intramolecular Hbond substituents is 1. The number of nitrogens with zero attached hydrogens (tertiary/aromatic N) is 1. The molecule has 1 heterocycles. The van der Waals surface area contributed by atoms with E-state index in [1.807, 2.05) is 31.2 Å². The fourth-order valence-corrected chi connectivity index (χ4v) is 5.14. The lowest BCUT2D eigenvalue weighted by Crippen LogP contribution is -2.31. The molecule has 0 aromatic heterocycles. The second kappa shape index (κ2) is 10.1. The van der Waals surface area contributed by atoms with Gasteiger partial charge in [-0.2, -0.15) is 5.26 Å². The molecule has 0 saturated heterocycles. The van der Waals surface area contributed by atoms with E-state index in [1.165, 1.54) is 24.9 Å². The van der Waals surface area contributed by atoms with Crippen LogP contribution >= 0.6 is 11.8 Å². The average Bonchev–Trinajstić information content (AvgIpc) is 2.84. The maximum atomic E-state index is 12.9. The number of nitriles is 1. The Kier molecular flexibility index (Phi) is 6.94. The summed E-state index contributed by atoms with van der Waals surface area (Å²) < 4.78 is 5.26. The Morgan fingerprint density at radius 1 is 1.29 bits per heavy atom. The summed E-state index contributed by atoms with van der Waals surface area (Å²) in [5.41, 5.74) is 4.12. The van der Waals surface area contributed by atoms with Crippen molar-refractivity contribution in [3.8, 4) is 17.6 Å². The summed E-state index contributed by atoms with van der Waals surface area (Å²) in [7, 11) is 1.45. The third kappa shape index (κ3) is 4.66. The van der Waals surface area contributed by atoms with E-state index < -0.39 is 5.92 Å². The molecule has 1 amide bonds. The van der Waals surface area contributed by atoms with E-state index in [-0.39, 0.29) is 28.9 Å². The fourth-order valence-electron chi connectivity index (χ4n) is 4.28. The van der Waals surface area contributed by atoms with Crippen LogP contribution in [0.25, 0.3) is 0 Å². The highest BCUT2D eigenvalue weighted by Gasteiger charge is 2.37. The highest BCUT2D eigenvalue weighted by atomic mass is 32.2. The van der Waals surface area contributed by atoms with Crippen LogP contribution in [0.15, 0.2) is 64.3 Å². The van der Waals surface area contributed by atoms with Gasteiger partial charge in [-0.1, -0.05) is 36.0 Å². The van der Waals surface area contributed by atoms with Crippen molar-refractivity contribution >= 4 is 29.1 Å². The topological polar surface area (TPSA) is 111 Å². The summed E-state index contributed by atoms with van der Waals surface area (Å²) in [5, 5.41) is 26.9. The number of aryl methyl sites for hydroxylation is 1. The number of ketones is 1. The number of hydrogen-bond donors (Lipinski definition) is 3. The van der Waals surface area contributed by atoms with E-state index in [0.717, 1.165) is 23.4 Å². The molecule has 0 saturated carbocycles. The van der Waals surface area contributed by atoms with Crippen LogP contribution in [0, 0.1) is 18.3 Å². The molecule has 1 aliphatic heterocycles. The Morgan fingerprint density at radius 3 is 2.82 bits per heavy atom. The first kappa shape index (κ1) is 23.5. The van der Waals surface area contributed by atoms with E-state index in [4.69, 9.17) is 4.74 Å². The maximum Gasteiger partial charge on any atom is 0.234 e. The number of rotatable bonds is 6. The van der Waals surface area contributed by atoms with Gasteiger partial charge in [0.25, 0.3) is 0 Å². The molecule has 8 heteroatoms. The summed E-state index contributed by atoms with van der Waals surface area (Å²) in [6.45, 7) is 1.92. The lowest BCUT2D eigenvalue weighted by molar-refractivity contribution is -0.116. The number of benzene rings is 2. The molecule has 2 aromatic rings. The van der Waals surface area contributed by atoms with Gasteiger partial charge in [0.15, 0.2) is 17.3 Å². The molecule has 34 heavy (non-hydrogen) atoms. The van der Waals surface area contributed by atoms with E-state index in [1.54, 1.807) is 12.1 Å². The highest BCUT2D eigenvalue weighted by Crippen LogP contribution is 2.45. The van der Waals surface area contributed by atoms with Crippen LogP contribution in [0.2, 0.25) is 0 Å². The second-order valence-corrected chi connectivity index (χ2v) is 9.15. The maximum absolute atomic E-state index is 12.9. The van der Waals surface area contributed by atoms with Crippen molar-refractivity contribution in [2.24, 2.45) is 0 Å². The van der Waals surface area contributed by atoms with Crippen molar-refractivity contribution in [3.05, 3.63) is 75.5 Å². The molecule has 0 spiro atoms. The van der Waals surface area contributed by atoms with Crippen LogP contribution in [0.4, 0.5) is 5.69 Å².